The fourth-order valence-corrected chi connectivity index (χ4v) is 9.33. The van der Waals surface area contributed by atoms with E-state index >= 15 is 0 Å². The van der Waals surface area contributed by atoms with Crippen molar-refractivity contribution in [2.75, 3.05) is 0 Å². The molecule has 6 aromatic rings. The molecule has 4 fully saturated rings. The first-order chi connectivity index (χ1) is 22.7. The molecule has 1 aromatic heterocycles. The van der Waals surface area contributed by atoms with Crippen LogP contribution >= 0.6 is 0 Å². The largest absolute Gasteiger partial charge is 0.208 e. The van der Waals surface area contributed by atoms with Gasteiger partial charge in [0.05, 0.1) is 11.6 Å². The van der Waals surface area contributed by atoms with Crippen LogP contribution in [0.1, 0.15) is 49.7 Å². The fraction of sp³-hybridized carbons (Fsp3) is 0.238. The third-order valence-electron chi connectivity index (χ3n) is 10.9. The van der Waals surface area contributed by atoms with Gasteiger partial charge >= 0.3 is 0 Å². The van der Waals surface area contributed by atoms with Gasteiger partial charge in [-0.05, 0) is 95.9 Å². The van der Waals surface area contributed by atoms with E-state index in [2.05, 4.69) is 60.7 Å². The van der Waals surface area contributed by atoms with Crippen LogP contribution < -0.4 is 0 Å². The lowest BCUT2D eigenvalue weighted by Gasteiger charge is -2.57. The minimum atomic E-state index is 0.352. The number of benzene rings is 5. The summed E-state index contributed by atoms with van der Waals surface area (Å²) in [5.41, 5.74) is 7.41. The van der Waals surface area contributed by atoms with Crippen molar-refractivity contribution in [2.24, 2.45) is 17.8 Å². The molecule has 5 aromatic carbocycles. The van der Waals surface area contributed by atoms with Crippen LogP contribution in [0.25, 0.3) is 56.1 Å². The zero-order valence-corrected chi connectivity index (χ0v) is 25.7. The molecule has 4 saturated carbocycles. The summed E-state index contributed by atoms with van der Waals surface area (Å²) in [6.45, 7) is 0. The first-order valence-corrected chi connectivity index (χ1v) is 16.6. The SMILES string of the molecule is N#Cc1cccc2c(-c3nc(-c4ccccc4)nc(-c4ccc(C56C[C@H]7C[C@H](C5)C[C@@H](C6)C7)cc4)n3)ccc(-c3ccccc3)c12. The monoisotopic (exact) mass is 594 g/mol. The van der Waals surface area contributed by atoms with Gasteiger partial charge in [-0.25, -0.2) is 15.0 Å². The van der Waals surface area contributed by atoms with Crippen molar-refractivity contribution in [3.63, 3.8) is 0 Å². The van der Waals surface area contributed by atoms with E-state index in [0.29, 0.717) is 28.5 Å². The highest BCUT2D eigenvalue weighted by atomic mass is 15.0. The third-order valence-corrected chi connectivity index (χ3v) is 10.9. The molecule has 0 spiro atoms. The van der Waals surface area contributed by atoms with Gasteiger partial charge in [-0.15, -0.1) is 0 Å². The van der Waals surface area contributed by atoms with E-state index in [-0.39, 0.29) is 0 Å². The first-order valence-electron chi connectivity index (χ1n) is 16.6. The molecule has 10 rings (SSSR count). The number of fused-ring (bicyclic) bond motifs is 1. The lowest BCUT2D eigenvalue weighted by atomic mass is 9.48. The van der Waals surface area contributed by atoms with Gasteiger partial charge in [0, 0.05) is 22.1 Å². The number of aromatic nitrogens is 3. The van der Waals surface area contributed by atoms with Gasteiger partial charge in [-0.3, -0.25) is 0 Å². The Morgan fingerprint density at radius 2 is 1.07 bits per heavy atom. The molecule has 4 bridgehead atoms. The lowest BCUT2D eigenvalue weighted by Crippen LogP contribution is -2.48. The van der Waals surface area contributed by atoms with Crippen LogP contribution in [-0.2, 0) is 5.41 Å². The van der Waals surface area contributed by atoms with Crippen molar-refractivity contribution in [3.8, 4) is 51.4 Å². The average Bonchev–Trinajstić information content (AvgIpc) is 3.11. The normalized spacial score (nSPS) is 23.0. The molecule has 0 radical (unpaired) electrons. The summed E-state index contributed by atoms with van der Waals surface area (Å²) in [6.07, 6.45) is 8.40. The molecule has 0 amide bonds. The predicted molar refractivity (Wildman–Crippen MR) is 184 cm³/mol. The minimum absolute atomic E-state index is 0.352. The van der Waals surface area contributed by atoms with Gasteiger partial charge in [0.2, 0.25) is 0 Å². The summed E-state index contributed by atoms with van der Waals surface area (Å²) in [4.78, 5) is 15.2. The number of nitriles is 1. The molecule has 46 heavy (non-hydrogen) atoms. The Morgan fingerprint density at radius 3 is 1.67 bits per heavy atom. The van der Waals surface area contributed by atoms with Crippen molar-refractivity contribution >= 4 is 10.8 Å². The molecule has 0 atom stereocenters. The van der Waals surface area contributed by atoms with E-state index in [1.165, 1.54) is 44.1 Å². The molecule has 0 unspecified atom stereocenters. The van der Waals surface area contributed by atoms with Gasteiger partial charge in [0.25, 0.3) is 0 Å². The van der Waals surface area contributed by atoms with Crippen LogP contribution in [0.3, 0.4) is 0 Å². The fourth-order valence-electron chi connectivity index (χ4n) is 9.33. The van der Waals surface area contributed by atoms with Crippen molar-refractivity contribution in [2.45, 2.75) is 43.9 Å². The van der Waals surface area contributed by atoms with E-state index in [4.69, 9.17) is 15.0 Å². The van der Waals surface area contributed by atoms with Gasteiger partial charge in [0.15, 0.2) is 17.5 Å². The highest BCUT2D eigenvalue weighted by Gasteiger charge is 2.51. The van der Waals surface area contributed by atoms with Crippen molar-refractivity contribution in [1.29, 1.82) is 5.26 Å². The van der Waals surface area contributed by atoms with E-state index in [1.54, 1.807) is 0 Å². The summed E-state index contributed by atoms with van der Waals surface area (Å²) in [7, 11) is 0. The quantitative estimate of drug-likeness (QED) is 0.199. The maximum absolute atomic E-state index is 10.2. The second-order valence-corrected chi connectivity index (χ2v) is 13.8. The molecule has 0 aliphatic heterocycles. The molecule has 0 saturated heterocycles. The third kappa shape index (κ3) is 4.53. The van der Waals surface area contributed by atoms with Gasteiger partial charge in [-0.2, -0.15) is 5.26 Å². The summed E-state index contributed by atoms with van der Waals surface area (Å²) in [5.74, 6) is 4.65. The topological polar surface area (TPSA) is 62.5 Å². The smallest absolute Gasteiger partial charge is 0.164 e. The van der Waals surface area contributed by atoms with E-state index < -0.39 is 0 Å². The second kappa shape index (κ2) is 10.7. The summed E-state index contributed by atoms with van der Waals surface area (Å²) < 4.78 is 0. The molecule has 0 N–H and O–H groups in total. The summed E-state index contributed by atoms with van der Waals surface area (Å²) in [6, 6.07) is 42.1. The summed E-state index contributed by atoms with van der Waals surface area (Å²) in [5, 5.41) is 12.0. The van der Waals surface area contributed by atoms with E-state index in [9.17, 15) is 5.26 Å². The van der Waals surface area contributed by atoms with E-state index in [0.717, 1.165) is 56.3 Å². The molecule has 4 heteroatoms. The van der Waals surface area contributed by atoms with Crippen LogP contribution in [0, 0.1) is 29.1 Å². The minimum Gasteiger partial charge on any atom is -0.208 e. The van der Waals surface area contributed by atoms with Crippen LogP contribution in [0.2, 0.25) is 0 Å². The summed E-state index contributed by atoms with van der Waals surface area (Å²) >= 11 is 0. The molecule has 222 valence electrons. The highest BCUT2D eigenvalue weighted by Crippen LogP contribution is 2.60. The number of nitrogens with zero attached hydrogens (tertiary/aromatic N) is 4. The van der Waals surface area contributed by atoms with Crippen LogP contribution in [-0.4, -0.2) is 15.0 Å². The molecule has 4 aliphatic rings. The molecule has 4 nitrogen and oxygen atoms in total. The van der Waals surface area contributed by atoms with Crippen molar-refractivity contribution in [1.82, 2.24) is 15.0 Å². The maximum atomic E-state index is 10.2. The lowest BCUT2D eigenvalue weighted by molar-refractivity contribution is -0.00518. The van der Waals surface area contributed by atoms with Gasteiger partial charge < -0.3 is 0 Å². The highest BCUT2D eigenvalue weighted by molar-refractivity contribution is 6.07. The maximum Gasteiger partial charge on any atom is 0.164 e. The Kier molecular flexibility index (Phi) is 6.35. The van der Waals surface area contributed by atoms with Crippen LogP contribution in [0.5, 0.6) is 0 Å². The van der Waals surface area contributed by atoms with Gasteiger partial charge in [0.1, 0.15) is 0 Å². The van der Waals surface area contributed by atoms with E-state index in [1.807, 2.05) is 60.7 Å². The Morgan fingerprint density at radius 1 is 0.522 bits per heavy atom. The zero-order chi connectivity index (χ0) is 30.7. The Labute approximate surface area is 269 Å². The van der Waals surface area contributed by atoms with Crippen molar-refractivity contribution < 1.29 is 0 Å². The molecular formula is C42H34N4. The van der Waals surface area contributed by atoms with Gasteiger partial charge in [-0.1, -0.05) is 103 Å². The Balaban J connectivity index is 1.18. The van der Waals surface area contributed by atoms with Crippen LogP contribution in [0.15, 0.2) is 115 Å². The number of hydrogen-bond donors (Lipinski definition) is 0. The zero-order valence-electron chi connectivity index (χ0n) is 25.7. The molecule has 4 aliphatic carbocycles. The number of hydrogen-bond acceptors (Lipinski definition) is 4. The second-order valence-electron chi connectivity index (χ2n) is 13.8. The Bertz CT molecular complexity index is 2090. The average molecular weight is 595 g/mol. The van der Waals surface area contributed by atoms with Crippen LogP contribution in [0.4, 0.5) is 0 Å². The number of rotatable bonds is 5. The molecular weight excluding hydrogens is 560 g/mol. The molecule has 1 heterocycles. The predicted octanol–water partition coefficient (Wildman–Crippen LogP) is 10.0. The Hall–Kier alpha value is -5.14. The van der Waals surface area contributed by atoms with Crippen molar-refractivity contribution in [3.05, 3.63) is 126 Å². The standard InChI is InChI=1S/C42H34N4/c43-26-33-12-7-13-36-37(19-18-35(38(33)36)30-8-3-1-4-9-30)41-45-39(31-10-5-2-6-11-31)44-40(46-41)32-14-16-34(17-15-32)42-23-27-20-28(24-42)22-29(21-27)25-42/h1-19,27-29H,20-25H2/t27-,28-,29-,42?. The first kappa shape index (κ1) is 27.2.